The number of rotatable bonds is 7. The minimum Gasteiger partial charge on any atom is -0.384 e. The monoisotopic (exact) mass is 275 g/mol. The number of aromatic nitrogens is 2. The van der Waals surface area contributed by atoms with Crippen LogP contribution in [0.1, 0.15) is 12.7 Å². The lowest BCUT2D eigenvalue weighted by atomic mass is 10.5. The number of nitrogens with two attached hydrogens (primary N) is 2. The van der Waals surface area contributed by atoms with Crippen LogP contribution in [0.2, 0.25) is 0 Å². The van der Waals surface area contributed by atoms with Crippen LogP contribution in [-0.4, -0.2) is 37.3 Å². The zero-order valence-electron chi connectivity index (χ0n) is 10.1. The van der Waals surface area contributed by atoms with Crippen LogP contribution in [0.4, 0.5) is 11.6 Å². The molecule has 0 aliphatic rings. The van der Waals surface area contributed by atoms with E-state index in [0.29, 0.717) is 18.2 Å². The predicted molar refractivity (Wildman–Crippen MR) is 68.2 cm³/mol. The van der Waals surface area contributed by atoms with Crippen molar-refractivity contribution in [1.82, 2.24) is 9.97 Å². The Labute approximate surface area is 106 Å². The number of hydrogen-bond acceptors (Lipinski definition) is 7. The Morgan fingerprint density at radius 2 is 2.17 bits per heavy atom. The SMILES string of the molecule is CCOCc1nc(N)cc(NCCS(N)(=O)=O)n1. The van der Waals surface area contributed by atoms with Gasteiger partial charge in [0.05, 0.1) is 5.75 Å². The number of primary sulfonamides is 1. The number of sulfonamides is 1. The second-order valence-corrected chi connectivity index (χ2v) is 5.26. The van der Waals surface area contributed by atoms with E-state index in [1.54, 1.807) is 0 Å². The van der Waals surface area contributed by atoms with Gasteiger partial charge in [-0.1, -0.05) is 0 Å². The molecule has 0 saturated carbocycles. The van der Waals surface area contributed by atoms with Crippen LogP contribution in [0.25, 0.3) is 0 Å². The molecule has 1 aromatic rings. The fraction of sp³-hybridized carbons (Fsp3) is 0.556. The van der Waals surface area contributed by atoms with Gasteiger partial charge in [-0.2, -0.15) is 0 Å². The molecule has 0 aliphatic carbocycles. The van der Waals surface area contributed by atoms with E-state index in [0.717, 1.165) is 0 Å². The van der Waals surface area contributed by atoms with Crippen LogP contribution in [0.15, 0.2) is 6.07 Å². The summed E-state index contributed by atoms with van der Waals surface area (Å²) in [5.74, 6) is 0.992. The van der Waals surface area contributed by atoms with E-state index >= 15 is 0 Å². The third-order valence-electron chi connectivity index (χ3n) is 1.92. The van der Waals surface area contributed by atoms with Crippen molar-refractivity contribution in [1.29, 1.82) is 0 Å². The number of hydrogen-bond donors (Lipinski definition) is 3. The smallest absolute Gasteiger partial charge is 0.210 e. The molecule has 0 aliphatic heterocycles. The van der Waals surface area contributed by atoms with Crippen molar-refractivity contribution in [3.63, 3.8) is 0 Å². The molecular weight excluding hydrogens is 258 g/mol. The highest BCUT2D eigenvalue weighted by atomic mass is 32.2. The third-order valence-corrected chi connectivity index (χ3v) is 2.69. The molecule has 18 heavy (non-hydrogen) atoms. The molecule has 1 rings (SSSR count). The van der Waals surface area contributed by atoms with Gasteiger partial charge in [-0.15, -0.1) is 0 Å². The summed E-state index contributed by atoms with van der Waals surface area (Å²) >= 11 is 0. The van der Waals surface area contributed by atoms with Gasteiger partial charge in [-0.3, -0.25) is 0 Å². The van der Waals surface area contributed by atoms with Crippen LogP contribution in [-0.2, 0) is 21.4 Å². The number of nitrogen functional groups attached to an aromatic ring is 1. The molecule has 0 amide bonds. The number of ether oxygens (including phenoxy) is 1. The van der Waals surface area contributed by atoms with Crippen LogP contribution in [0, 0.1) is 0 Å². The van der Waals surface area contributed by atoms with Crippen molar-refractivity contribution >= 4 is 21.7 Å². The Morgan fingerprint density at radius 3 is 2.78 bits per heavy atom. The maximum atomic E-state index is 10.8. The average Bonchev–Trinajstić information content (AvgIpc) is 2.24. The van der Waals surface area contributed by atoms with Gasteiger partial charge in [0.1, 0.15) is 18.2 Å². The van der Waals surface area contributed by atoms with Crippen LogP contribution in [0.3, 0.4) is 0 Å². The quantitative estimate of drug-likeness (QED) is 0.598. The second kappa shape index (κ2) is 6.47. The Kier molecular flexibility index (Phi) is 5.25. The first kappa shape index (κ1) is 14.6. The van der Waals surface area contributed by atoms with E-state index in [1.165, 1.54) is 6.07 Å². The van der Waals surface area contributed by atoms with Gasteiger partial charge in [-0.25, -0.2) is 23.5 Å². The van der Waals surface area contributed by atoms with Crippen molar-refractivity contribution in [2.45, 2.75) is 13.5 Å². The van der Waals surface area contributed by atoms with Gasteiger partial charge in [0, 0.05) is 19.2 Å². The Bertz CT molecular complexity index is 491. The molecule has 0 bridgehead atoms. The zero-order valence-corrected chi connectivity index (χ0v) is 10.9. The second-order valence-electron chi connectivity index (χ2n) is 3.53. The molecule has 1 heterocycles. The van der Waals surface area contributed by atoms with E-state index < -0.39 is 10.0 Å². The maximum absolute atomic E-state index is 10.8. The lowest BCUT2D eigenvalue weighted by molar-refractivity contribution is 0.128. The zero-order chi connectivity index (χ0) is 13.6. The summed E-state index contributed by atoms with van der Waals surface area (Å²) < 4.78 is 26.7. The number of anilines is 2. The van der Waals surface area contributed by atoms with Gasteiger partial charge in [0.25, 0.3) is 0 Å². The van der Waals surface area contributed by atoms with Crippen LogP contribution >= 0.6 is 0 Å². The fourth-order valence-corrected chi connectivity index (χ4v) is 1.57. The minimum absolute atomic E-state index is 0.156. The standard InChI is InChI=1S/C9H17N5O3S/c1-2-17-6-9-13-7(10)5-8(14-9)12-3-4-18(11,15)16/h5H,2-4,6H2,1H3,(H2,11,15,16)(H3,10,12,13,14). The molecule has 5 N–H and O–H groups in total. The van der Waals surface area contributed by atoms with Crippen molar-refractivity contribution < 1.29 is 13.2 Å². The lowest BCUT2D eigenvalue weighted by Crippen LogP contribution is -2.22. The predicted octanol–water partition coefficient (Wildman–Crippen LogP) is -0.704. The first-order valence-corrected chi connectivity index (χ1v) is 7.08. The Hall–Kier alpha value is -1.45. The molecular formula is C9H17N5O3S. The van der Waals surface area contributed by atoms with Crippen molar-refractivity contribution in [2.24, 2.45) is 5.14 Å². The summed E-state index contributed by atoms with van der Waals surface area (Å²) in [7, 11) is -3.49. The van der Waals surface area contributed by atoms with Crippen molar-refractivity contribution in [3.8, 4) is 0 Å². The van der Waals surface area contributed by atoms with E-state index in [9.17, 15) is 8.42 Å². The summed E-state index contributed by atoms with van der Waals surface area (Å²) in [4.78, 5) is 8.11. The van der Waals surface area contributed by atoms with Gasteiger partial charge in [0.2, 0.25) is 10.0 Å². The Morgan fingerprint density at radius 1 is 1.44 bits per heavy atom. The van der Waals surface area contributed by atoms with E-state index in [-0.39, 0.29) is 24.7 Å². The third kappa shape index (κ3) is 5.75. The van der Waals surface area contributed by atoms with Crippen molar-refractivity contribution in [3.05, 3.63) is 11.9 Å². The summed E-state index contributed by atoms with van der Waals surface area (Å²) in [6, 6.07) is 1.51. The molecule has 0 saturated heterocycles. The molecule has 0 spiro atoms. The van der Waals surface area contributed by atoms with Gasteiger partial charge >= 0.3 is 0 Å². The molecule has 102 valence electrons. The highest BCUT2D eigenvalue weighted by Crippen LogP contribution is 2.08. The Balaban J connectivity index is 2.62. The maximum Gasteiger partial charge on any atom is 0.210 e. The summed E-state index contributed by atoms with van der Waals surface area (Å²) in [6.45, 7) is 2.82. The topological polar surface area (TPSA) is 133 Å². The van der Waals surface area contributed by atoms with Gasteiger partial charge < -0.3 is 15.8 Å². The molecule has 0 radical (unpaired) electrons. The van der Waals surface area contributed by atoms with E-state index in [2.05, 4.69) is 15.3 Å². The van der Waals surface area contributed by atoms with Crippen LogP contribution in [0.5, 0.6) is 0 Å². The summed E-state index contributed by atoms with van der Waals surface area (Å²) in [6.07, 6.45) is 0. The van der Waals surface area contributed by atoms with Gasteiger partial charge in [-0.05, 0) is 6.92 Å². The molecule has 0 aromatic carbocycles. The molecule has 0 fully saturated rings. The summed E-state index contributed by atoms with van der Waals surface area (Å²) in [5.41, 5.74) is 5.60. The highest BCUT2D eigenvalue weighted by Gasteiger charge is 2.05. The van der Waals surface area contributed by atoms with E-state index in [4.69, 9.17) is 15.6 Å². The van der Waals surface area contributed by atoms with E-state index in [1.807, 2.05) is 6.92 Å². The minimum atomic E-state index is -3.49. The van der Waals surface area contributed by atoms with Crippen LogP contribution < -0.4 is 16.2 Å². The molecule has 1 aromatic heterocycles. The first-order valence-electron chi connectivity index (χ1n) is 5.36. The summed E-state index contributed by atoms with van der Waals surface area (Å²) in [5, 5.41) is 7.69. The molecule has 0 atom stereocenters. The van der Waals surface area contributed by atoms with Crippen molar-refractivity contribution in [2.75, 3.05) is 30.0 Å². The van der Waals surface area contributed by atoms with Gasteiger partial charge in [0.15, 0.2) is 5.82 Å². The molecule has 9 heteroatoms. The largest absolute Gasteiger partial charge is 0.384 e. The number of nitrogens with zero attached hydrogens (tertiary/aromatic N) is 2. The highest BCUT2D eigenvalue weighted by molar-refractivity contribution is 7.89. The normalized spacial score (nSPS) is 11.4. The molecule has 0 unspecified atom stereocenters. The first-order chi connectivity index (χ1) is 8.40. The fourth-order valence-electron chi connectivity index (χ4n) is 1.19. The molecule has 8 nitrogen and oxygen atoms in total. The average molecular weight is 275 g/mol. The lowest BCUT2D eigenvalue weighted by Gasteiger charge is -2.07. The number of nitrogens with one attached hydrogen (secondary N) is 1.